The van der Waals surface area contributed by atoms with E-state index in [1.807, 2.05) is 7.11 Å². The largest absolute Gasteiger partial charge is 0.381 e. The Labute approximate surface area is 86.7 Å². The van der Waals surface area contributed by atoms with Gasteiger partial charge in [-0.1, -0.05) is 25.5 Å². The molecule has 0 N–H and O–H groups in total. The smallest absolute Gasteiger partial charge is 0.0821 e. The lowest BCUT2D eigenvalue weighted by Gasteiger charge is -2.14. The van der Waals surface area contributed by atoms with Crippen molar-refractivity contribution in [3.8, 4) is 0 Å². The highest BCUT2D eigenvalue weighted by Gasteiger charge is 2.05. The van der Waals surface area contributed by atoms with Gasteiger partial charge in [-0.25, -0.2) is 0 Å². The molecule has 13 heavy (non-hydrogen) atoms. The van der Waals surface area contributed by atoms with Crippen LogP contribution in [0.4, 0.5) is 0 Å². The molecule has 0 rings (SSSR count). The molecular formula is C8H22B4O. The minimum absolute atomic E-state index is 0.526. The van der Waals surface area contributed by atoms with Crippen LogP contribution in [-0.4, -0.2) is 43.0 Å². The fourth-order valence-electron chi connectivity index (χ4n) is 1.62. The maximum Gasteiger partial charge on any atom is 0.0821 e. The second-order valence-corrected chi connectivity index (χ2v) is 3.85. The van der Waals surface area contributed by atoms with Crippen LogP contribution in [0.25, 0.3) is 0 Å². The monoisotopic (exact) mass is 178 g/mol. The van der Waals surface area contributed by atoms with Crippen molar-refractivity contribution in [2.24, 2.45) is 0 Å². The highest BCUT2D eigenvalue weighted by molar-refractivity contribution is 6.89. The zero-order valence-electron chi connectivity index (χ0n) is 9.64. The van der Waals surface area contributed by atoms with Crippen LogP contribution in [0.1, 0.15) is 25.7 Å². The van der Waals surface area contributed by atoms with Gasteiger partial charge in [0.1, 0.15) is 0 Å². The van der Waals surface area contributed by atoms with E-state index in [9.17, 15) is 0 Å². The molecule has 0 saturated carbocycles. The van der Waals surface area contributed by atoms with E-state index < -0.39 is 0 Å². The summed E-state index contributed by atoms with van der Waals surface area (Å²) in [6.45, 7) is 0. The lowest BCUT2D eigenvalue weighted by molar-refractivity contribution is 0.0868. The molecule has 0 aliphatic rings. The molecule has 5 heteroatoms. The quantitative estimate of drug-likeness (QED) is 0.337. The summed E-state index contributed by atoms with van der Waals surface area (Å²) in [5, 5.41) is 0. The fraction of sp³-hybridized carbons (Fsp3) is 1.00. The van der Waals surface area contributed by atoms with Gasteiger partial charge in [0.25, 0.3) is 0 Å². The number of methoxy groups -OCH3 is 1. The maximum atomic E-state index is 5.44. The summed E-state index contributed by atoms with van der Waals surface area (Å²) < 4.78 is 5.44. The summed E-state index contributed by atoms with van der Waals surface area (Å²) in [6, 6.07) is 0. The lowest BCUT2D eigenvalue weighted by Crippen LogP contribution is -2.11. The van der Waals surface area contributed by atoms with E-state index >= 15 is 0 Å². The van der Waals surface area contributed by atoms with Crippen LogP contribution in [0.5, 0.6) is 0 Å². The van der Waals surface area contributed by atoms with E-state index in [4.69, 9.17) is 4.74 Å². The molecular weight excluding hydrogens is 155 g/mol. The Morgan fingerprint density at radius 2 is 1.54 bits per heavy atom. The molecule has 0 atom stereocenters. The molecule has 0 radical (unpaired) electrons. The Morgan fingerprint density at radius 1 is 1.08 bits per heavy atom. The Kier molecular flexibility index (Phi) is 10.5. The van der Waals surface area contributed by atoms with Crippen molar-refractivity contribution in [3.05, 3.63) is 0 Å². The normalized spacial score (nSPS) is 10.3. The number of hydrogen-bond acceptors (Lipinski definition) is 1. The predicted molar refractivity (Wildman–Crippen MR) is 70.3 cm³/mol. The van der Waals surface area contributed by atoms with Crippen molar-refractivity contribution in [3.63, 3.8) is 0 Å². The highest BCUT2D eigenvalue weighted by Crippen LogP contribution is 2.11. The summed E-state index contributed by atoms with van der Waals surface area (Å²) in [4.78, 5) is 0. The summed E-state index contributed by atoms with van der Waals surface area (Å²) in [5.41, 5.74) is 0. The van der Waals surface area contributed by atoms with Gasteiger partial charge in [-0.3, -0.25) is 0 Å². The molecule has 0 amide bonds. The molecule has 0 fully saturated rings. The average Bonchev–Trinajstić information content (AvgIpc) is 2.16. The van der Waals surface area contributed by atoms with Crippen LogP contribution in [0.2, 0.25) is 12.6 Å². The number of rotatable bonds is 9. The van der Waals surface area contributed by atoms with E-state index in [0.29, 0.717) is 6.10 Å². The van der Waals surface area contributed by atoms with Crippen LogP contribution >= 0.6 is 0 Å². The topological polar surface area (TPSA) is 9.23 Å². The Hall–Kier alpha value is 0.220. The lowest BCUT2D eigenvalue weighted by atomic mass is 9.52. The summed E-state index contributed by atoms with van der Waals surface area (Å²) in [5.74, 6) is 0. The summed E-state index contributed by atoms with van der Waals surface area (Å²) in [7, 11) is 8.97. The van der Waals surface area contributed by atoms with Gasteiger partial charge in [-0.2, -0.15) is 0 Å². The summed E-state index contributed by atoms with van der Waals surface area (Å²) >= 11 is 0. The van der Waals surface area contributed by atoms with Crippen LogP contribution in [0, 0.1) is 0 Å². The Bertz CT molecular complexity index is 92.1. The first-order valence-corrected chi connectivity index (χ1v) is 5.87. The second-order valence-electron chi connectivity index (χ2n) is 3.85. The molecule has 0 spiro atoms. The first-order valence-electron chi connectivity index (χ1n) is 5.87. The van der Waals surface area contributed by atoms with E-state index in [1.165, 1.54) is 52.7 Å². The SMILES string of the molecule is BBCCCC(CCCBB)OC. The average molecular weight is 178 g/mol. The first kappa shape index (κ1) is 13.2. The zero-order valence-corrected chi connectivity index (χ0v) is 9.64. The van der Waals surface area contributed by atoms with Gasteiger partial charge < -0.3 is 4.74 Å². The van der Waals surface area contributed by atoms with Crippen molar-refractivity contribution in [2.45, 2.75) is 44.4 Å². The third-order valence-electron chi connectivity index (χ3n) is 2.59. The minimum Gasteiger partial charge on any atom is -0.381 e. The van der Waals surface area contributed by atoms with Crippen LogP contribution in [0.15, 0.2) is 0 Å². The molecule has 0 heterocycles. The van der Waals surface area contributed by atoms with E-state index in [0.717, 1.165) is 0 Å². The van der Waals surface area contributed by atoms with Gasteiger partial charge >= 0.3 is 0 Å². The van der Waals surface area contributed by atoms with Crippen molar-refractivity contribution in [1.82, 2.24) is 0 Å². The van der Waals surface area contributed by atoms with Gasteiger partial charge in [-0.15, -0.1) is 0 Å². The second kappa shape index (κ2) is 10.3. The van der Waals surface area contributed by atoms with Crippen molar-refractivity contribution in [2.75, 3.05) is 7.11 Å². The molecule has 0 aliphatic heterocycles. The number of hydrogen-bond donors (Lipinski definition) is 0. The van der Waals surface area contributed by atoms with Gasteiger partial charge in [-0.05, 0) is 12.8 Å². The van der Waals surface area contributed by atoms with Crippen molar-refractivity contribution < 1.29 is 4.74 Å². The molecule has 0 unspecified atom stereocenters. The molecule has 0 aliphatic carbocycles. The van der Waals surface area contributed by atoms with Gasteiger partial charge in [0, 0.05) is 7.11 Å². The molecule has 0 aromatic rings. The minimum atomic E-state index is 0.526. The fourth-order valence-corrected chi connectivity index (χ4v) is 1.62. The third kappa shape index (κ3) is 8.55. The zero-order chi connectivity index (χ0) is 9.94. The molecule has 0 saturated heterocycles. The summed E-state index contributed by atoms with van der Waals surface area (Å²) in [6.07, 6.45) is 8.42. The van der Waals surface area contributed by atoms with Crippen LogP contribution in [-0.2, 0) is 4.74 Å². The molecule has 0 aromatic heterocycles. The molecule has 0 aromatic carbocycles. The van der Waals surface area contributed by atoms with Crippen molar-refractivity contribution in [1.29, 1.82) is 0 Å². The molecule has 1 nitrogen and oxygen atoms in total. The third-order valence-corrected chi connectivity index (χ3v) is 2.59. The molecule has 0 bridgehead atoms. The van der Waals surface area contributed by atoms with Gasteiger partial charge in [0.05, 0.1) is 35.9 Å². The standard InChI is InChI=1S/C8H22B4O/c1-13-8(4-2-6-11-9)5-3-7-12-10/h8,11-12H,2-7,9-10H2,1H3. The van der Waals surface area contributed by atoms with Gasteiger partial charge in [0.15, 0.2) is 0 Å². The van der Waals surface area contributed by atoms with E-state index in [2.05, 4.69) is 15.5 Å². The van der Waals surface area contributed by atoms with E-state index in [1.54, 1.807) is 0 Å². The highest BCUT2D eigenvalue weighted by atomic mass is 16.5. The Balaban J connectivity index is 3.28. The van der Waals surface area contributed by atoms with Crippen LogP contribution < -0.4 is 0 Å². The van der Waals surface area contributed by atoms with E-state index in [-0.39, 0.29) is 0 Å². The van der Waals surface area contributed by atoms with Crippen molar-refractivity contribution >= 4 is 29.8 Å². The van der Waals surface area contributed by atoms with Gasteiger partial charge in [0.2, 0.25) is 0 Å². The first-order chi connectivity index (χ1) is 6.35. The van der Waals surface area contributed by atoms with Crippen LogP contribution in [0.3, 0.4) is 0 Å². The number of ether oxygens (including phenoxy) is 1. The Morgan fingerprint density at radius 3 is 1.85 bits per heavy atom. The molecule has 72 valence electrons. The maximum absolute atomic E-state index is 5.44. The predicted octanol–water partition coefficient (Wildman–Crippen LogP) is -0.632.